The lowest BCUT2D eigenvalue weighted by molar-refractivity contribution is -0.131. The molecule has 2 aromatic rings. The van der Waals surface area contributed by atoms with Crippen molar-refractivity contribution in [1.82, 2.24) is 25.0 Å². The maximum atomic E-state index is 12.5. The minimum absolute atomic E-state index is 0.0735. The van der Waals surface area contributed by atoms with Gasteiger partial charge in [-0.3, -0.25) is 9.59 Å². The van der Waals surface area contributed by atoms with E-state index in [0.29, 0.717) is 19.5 Å². The number of carbonyl (C=O) groups is 2. The number of nitrogens with zero attached hydrogens (tertiary/aromatic N) is 4. The van der Waals surface area contributed by atoms with E-state index in [1.807, 2.05) is 29.2 Å². The smallest absolute Gasteiger partial charge is 0.244 e. The van der Waals surface area contributed by atoms with Gasteiger partial charge in [0.25, 0.3) is 0 Å². The van der Waals surface area contributed by atoms with Crippen LogP contribution >= 0.6 is 0 Å². The zero-order valence-corrected chi connectivity index (χ0v) is 15.7. The van der Waals surface area contributed by atoms with Crippen LogP contribution in [0.3, 0.4) is 0 Å². The zero-order chi connectivity index (χ0) is 19.2. The summed E-state index contributed by atoms with van der Waals surface area (Å²) in [5.74, 6) is 0.772. The third-order valence-corrected chi connectivity index (χ3v) is 4.90. The van der Waals surface area contributed by atoms with Crippen LogP contribution in [0.2, 0.25) is 0 Å². The second-order valence-corrected chi connectivity index (χ2v) is 6.74. The van der Waals surface area contributed by atoms with Crippen LogP contribution < -0.4 is 10.1 Å². The van der Waals surface area contributed by atoms with Crippen LogP contribution in [0.5, 0.6) is 5.75 Å². The number of ether oxygens (including phenoxy) is 1. The summed E-state index contributed by atoms with van der Waals surface area (Å²) in [4.78, 5) is 30.6. The number of rotatable bonds is 6. The first-order valence-electron chi connectivity index (χ1n) is 9.12. The highest BCUT2D eigenvalue weighted by Crippen LogP contribution is 2.16. The largest absolute Gasteiger partial charge is 0.497 e. The Hall–Kier alpha value is -2.90. The van der Waals surface area contributed by atoms with Crippen molar-refractivity contribution < 1.29 is 14.3 Å². The molecule has 1 atom stereocenters. The predicted molar refractivity (Wildman–Crippen MR) is 99.2 cm³/mol. The SMILES string of the molecule is COc1cccc(CC(=O)N2CCC(NC(=O)[C@@H](C)n3cncn3)CC2)c1. The number of hydrogen-bond donors (Lipinski definition) is 1. The van der Waals surface area contributed by atoms with Gasteiger partial charge in [0, 0.05) is 19.1 Å². The number of nitrogens with one attached hydrogen (secondary N) is 1. The molecule has 2 heterocycles. The van der Waals surface area contributed by atoms with Gasteiger partial charge in [0.2, 0.25) is 11.8 Å². The number of aromatic nitrogens is 3. The second kappa shape index (κ2) is 8.66. The van der Waals surface area contributed by atoms with E-state index in [4.69, 9.17) is 4.74 Å². The number of hydrogen-bond acceptors (Lipinski definition) is 5. The van der Waals surface area contributed by atoms with Gasteiger partial charge in [0.1, 0.15) is 24.4 Å². The number of likely N-dealkylation sites (tertiary alicyclic amines) is 1. The van der Waals surface area contributed by atoms with Crippen molar-refractivity contribution >= 4 is 11.8 Å². The Balaban J connectivity index is 1.46. The highest BCUT2D eigenvalue weighted by atomic mass is 16.5. The maximum Gasteiger partial charge on any atom is 0.244 e. The Bertz CT molecular complexity index is 769. The molecule has 1 saturated heterocycles. The van der Waals surface area contributed by atoms with Crippen molar-refractivity contribution in [1.29, 1.82) is 0 Å². The fourth-order valence-corrected chi connectivity index (χ4v) is 3.20. The molecule has 1 N–H and O–H groups in total. The first-order chi connectivity index (χ1) is 13.1. The lowest BCUT2D eigenvalue weighted by Gasteiger charge is -2.33. The molecular formula is C19H25N5O3. The molecule has 1 aliphatic heterocycles. The molecule has 8 nitrogen and oxygen atoms in total. The topological polar surface area (TPSA) is 89.4 Å². The van der Waals surface area contributed by atoms with E-state index in [-0.39, 0.29) is 17.9 Å². The van der Waals surface area contributed by atoms with Gasteiger partial charge in [-0.1, -0.05) is 12.1 Å². The molecule has 0 unspecified atom stereocenters. The molecule has 2 amide bonds. The lowest BCUT2D eigenvalue weighted by Crippen LogP contribution is -2.48. The number of methoxy groups -OCH3 is 1. The molecular weight excluding hydrogens is 346 g/mol. The summed E-state index contributed by atoms with van der Waals surface area (Å²) in [5.41, 5.74) is 0.941. The first kappa shape index (κ1) is 18.9. The fourth-order valence-electron chi connectivity index (χ4n) is 3.20. The van der Waals surface area contributed by atoms with E-state index in [0.717, 1.165) is 24.2 Å². The quantitative estimate of drug-likeness (QED) is 0.824. The predicted octanol–water partition coefficient (Wildman–Crippen LogP) is 1.20. The van der Waals surface area contributed by atoms with Gasteiger partial charge < -0.3 is 15.0 Å². The highest BCUT2D eigenvalue weighted by molar-refractivity contribution is 5.80. The summed E-state index contributed by atoms with van der Waals surface area (Å²) in [6.45, 7) is 3.08. The summed E-state index contributed by atoms with van der Waals surface area (Å²) in [6, 6.07) is 7.24. The number of piperidine rings is 1. The standard InChI is InChI=1S/C19H25N5O3/c1-14(24-13-20-12-21-24)19(26)22-16-6-8-23(9-7-16)18(25)11-15-4-3-5-17(10-15)27-2/h3-5,10,12-14,16H,6-9,11H2,1-2H3,(H,22,26)/t14-/m1/s1. The molecule has 0 spiro atoms. The Morgan fingerprint density at radius 2 is 2.11 bits per heavy atom. The van der Waals surface area contributed by atoms with Crippen molar-refractivity contribution in [3.05, 3.63) is 42.5 Å². The van der Waals surface area contributed by atoms with E-state index in [9.17, 15) is 9.59 Å². The summed E-state index contributed by atoms with van der Waals surface area (Å²) in [7, 11) is 1.61. The Morgan fingerprint density at radius 1 is 1.33 bits per heavy atom. The van der Waals surface area contributed by atoms with E-state index in [1.165, 1.54) is 17.3 Å². The van der Waals surface area contributed by atoms with Crippen LogP contribution in [0.15, 0.2) is 36.9 Å². The number of benzene rings is 1. The van der Waals surface area contributed by atoms with Crippen LogP contribution in [0.1, 0.15) is 31.4 Å². The fraction of sp³-hybridized carbons (Fsp3) is 0.474. The van der Waals surface area contributed by atoms with Gasteiger partial charge in [-0.15, -0.1) is 0 Å². The van der Waals surface area contributed by atoms with Crippen LogP contribution in [0, 0.1) is 0 Å². The molecule has 0 bridgehead atoms. The average Bonchev–Trinajstić information content (AvgIpc) is 3.22. The van der Waals surface area contributed by atoms with Crippen LogP contribution in [-0.2, 0) is 16.0 Å². The molecule has 1 fully saturated rings. The van der Waals surface area contributed by atoms with Crippen molar-refractivity contribution in [2.45, 2.75) is 38.3 Å². The molecule has 0 aliphatic carbocycles. The minimum atomic E-state index is -0.403. The van der Waals surface area contributed by atoms with Crippen molar-refractivity contribution in [2.75, 3.05) is 20.2 Å². The first-order valence-corrected chi connectivity index (χ1v) is 9.12. The van der Waals surface area contributed by atoms with E-state index in [1.54, 1.807) is 14.0 Å². The molecule has 144 valence electrons. The van der Waals surface area contributed by atoms with Crippen molar-refractivity contribution in [3.63, 3.8) is 0 Å². The monoisotopic (exact) mass is 371 g/mol. The summed E-state index contributed by atoms with van der Waals surface area (Å²) in [5, 5.41) is 7.05. The van der Waals surface area contributed by atoms with Crippen LogP contribution in [-0.4, -0.2) is 57.7 Å². The highest BCUT2D eigenvalue weighted by Gasteiger charge is 2.25. The normalized spacial score (nSPS) is 16.0. The van der Waals surface area contributed by atoms with Crippen molar-refractivity contribution in [2.24, 2.45) is 0 Å². The molecule has 3 rings (SSSR count). The zero-order valence-electron chi connectivity index (χ0n) is 15.7. The molecule has 1 aromatic heterocycles. The molecule has 1 aliphatic rings. The molecule has 1 aromatic carbocycles. The van der Waals surface area contributed by atoms with E-state index < -0.39 is 6.04 Å². The molecule has 8 heteroatoms. The van der Waals surface area contributed by atoms with Crippen molar-refractivity contribution in [3.8, 4) is 5.75 Å². The third-order valence-electron chi connectivity index (χ3n) is 4.90. The van der Waals surface area contributed by atoms with Gasteiger partial charge >= 0.3 is 0 Å². The average molecular weight is 371 g/mol. The van der Waals surface area contributed by atoms with Gasteiger partial charge in [-0.25, -0.2) is 9.67 Å². The Labute approximate surface area is 158 Å². The Kier molecular flexibility index (Phi) is 6.05. The van der Waals surface area contributed by atoms with E-state index in [2.05, 4.69) is 15.4 Å². The summed E-state index contributed by atoms with van der Waals surface area (Å²) < 4.78 is 6.73. The van der Waals surface area contributed by atoms with Crippen LogP contribution in [0.4, 0.5) is 0 Å². The summed E-state index contributed by atoms with van der Waals surface area (Å²) in [6.07, 6.45) is 4.80. The van der Waals surface area contributed by atoms with Crippen LogP contribution in [0.25, 0.3) is 0 Å². The Morgan fingerprint density at radius 3 is 2.78 bits per heavy atom. The molecule has 27 heavy (non-hydrogen) atoms. The van der Waals surface area contributed by atoms with Gasteiger partial charge in [-0.05, 0) is 37.5 Å². The second-order valence-electron chi connectivity index (χ2n) is 6.74. The van der Waals surface area contributed by atoms with Gasteiger partial charge in [0.05, 0.1) is 13.5 Å². The number of amides is 2. The van der Waals surface area contributed by atoms with Gasteiger partial charge in [-0.2, -0.15) is 5.10 Å². The lowest BCUT2D eigenvalue weighted by atomic mass is 10.0. The molecule has 0 saturated carbocycles. The number of carbonyl (C=O) groups excluding carboxylic acids is 2. The molecule has 0 radical (unpaired) electrons. The summed E-state index contributed by atoms with van der Waals surface area (Å²) >= 11 is 0. The van der Waals surface area contributed by atoms with E-state index >= 15 is 0 Å². The third kappa shape index (κ3) is 4.84. The maximum absolute atomic E-state index is 12.5. The minimum Gasteiger partial charge on any atom is -0.497 e. The van der Waals surface area contributed by atoms with Gasteiger partial charge in [0.15, 0.2) is 0 Å².